The molecule has 4 N–H and O–H groups in total. The highest BCUT2D eigenvalue weighted by molar-refractivity contribution is 5.88. The van der Waals surface area contributed by atoms with Gasteiger partial charge < -0.3 is 25.6 Å². The van der Waals surface area contributed by atoms with E-state index in [0.29, 0.717) is 5.75 Å². The van der Waals surface area contributed by atoms with Crippen LogP contribution in [-0.4, -0.2) is 46.2 Å². The lowest BCUT2D eigenvalue weighted by Gasteiger charge is -2.36. The Morgan fingerprint density at radius 1 is 1.21 bits per heavy atom. The maximum absolute atomic E-state index is 13.1. The molecule has 1 amide bonds. The van der Waals surface area contributed by atoms with Crippen LogP contribution < -0.4 is 10.5 Å². The standard InChI is InChI=1S/C22H26N2O5/c1-12-6-16(25)7-13(2)18(12)10-19(23)21(26)24-11-15-8-17(29-3)5-4-14(15)9-20(24)22(27)28/h4-8,19-20,25H,9-11,23H2,1-3H3,(H,27,28)/t19-,20-/m0/s1. The van der Waals surface area contributed by atoms with Gasteiger partial charge in [-0.1, -0.05) is 6.07 Å². The Morgan fingerprint density at radius 2 is 1.86 bits per heavy atom. The van der Waals surface area contributed by atoms with E-state index in [2.05, 4.69) is 0 Å². The summed E-state index contributed by atoms with van der Waals surface area (Å²) in [5.74, 6) is -0.637. The van der Waals surface area contributed by atoms with E-state index in [9.17, 15) is 19.8 Å². The zero-order valence-electron chi connectivity index (χ0n) is 16.8. The quantitative estimate of drug-likeness (QED) is 0.709. The fourth-order valence-corrected chi connectivity index (χ4v) is 3.95. The van der Waals surface area contributed by atoms with Crippen molar-refractivity contribution in [3.8, 4) is 11.5 Å². The summed E-state index contributed by atoms with van der Waals surface area (Å²) in [6, 6.07) is 6.87. The van der Waals surface area contributed by atoms with Crippen LogP contribution in [0, 0.1) is 13.8 Å². The summed E-state index contributed by atoms with van der Waals surface area (Å²) in [6.07, 6.45) is 0.495. The lowest BCUT2D eigenvalue weighted by atomic mass is 9.91. The monoisotopic (exact) mass is 398 g/mol. The Bertz CT molecular complexity index is 933. The van der Waals surface area contributed by atoms with Crippen molar-refractivity contribution in [2.75, 3.05) is 7.11 Å². The number of benzene rings is 2. The Kier molecular flexibility index (Phi) is 5.79. The molecule has 2 aromatic rings. The third-order valence-corrected chi connectivity index (χ3v) is 5.53. The van der Waals surface area contributed by atoms with Crippen molar-refractivity contribution in [1.82, 2.24) is 4.90 Å². The summed E-state index contributed by atoms with van der Waals surface area (Å²) in [7, 11) is 1.56. The highest BCUT2D eigenvalue weighted by Crippen LogP contribution is 2.28. The normalized spacial score (nSPS) is 16.8. The smallest absolute Gasteiger partial charge is 0.326 e. The van der Waals surface area contributed by atoms with E-state index in [1.165, 1.54) is 4.90 Å². The molecule has 0 saturated carbocycles. The first kappa shape index (κ1) is 20.7. The van der Waals surface area contributed by atoms with Crippen molar-refractivity contribution in [3.05, 3.63) is 58.1 Å². The maximum Gasteiger partial charge on any atom is 0.326 e. The van der Waals surface area contributed by atoms with Gasteiger partial charge in [-0.25, -0.2) is 4.79 Å². The number of hydrogen-bond acceptors (Lipinski definition) is 5. The summed E-state index contributed by atoms with van der Waals surface area (Å²) >= 11 is 0. The fourth-order valence-electron chi connectivity index (χ4n) is 3.95. The van der Waals surface area contributed by atoms with Gasteiger partial charge in [0.05, 0.1) is 13.2 Å². The number of aryl methyl sites for hydroxylation is 2. The summed E-state index contributed by atoms with van der Waals surface area (Å²) in [5, 5.41) is 19.4. The second kappa shape index (κ2) is 8.13. The first-order valence-corrected chi connectivity index (χ1v) is 9.45. The molecule has 154 valence electrons. The third kappa shape index (κ3) is 4.19. The largest absolute Gasteiger partial charge is 0.508 e. The second-order valence-corrected chi connectivity index (χ2v) is 7.53. The van der Waals surface area contributed by atoms with Crippen LogP contribution >= 0.6 is 0 Å². The van der Waals surface area contributed by atoms with E-state index in [1.807, 2.05) is 26.0 Å². The summed E-state index contributed by atoms with van der Waals surface area (Å²) < 4.78 is 5.25. The number of fused-ring (bicyclic) bond motifs is 1. The van der Waals surface area contributed by atoms with Crippen LogP contribution in [0.3, 0.4) is 0 Å². The second-order valence-electron chi connectivity index (χ2n) is 7.53. The van der Waals surface area contributed by atoms with Crippen LogP contribution in [0.25, 0.3) is 0 Å². The number of nitrogens with two attached hydrogens (primary N) is 1. The number of phenolic OH excluding ortho intramolecular Hbond substituents is 1. The highest BCUT2D eigenvalue weighted by atomic mass is 16.5. The average Bonchev–Trinajstić information content (AvgIpc) is 2.68. The number of amides is 1. The number of phenols is 1. The molecule has 0 saturated heterocycles. The van der Waals surface area contributed by atoms with Crippen molar-refractivity contribution in [3.63, 3.8) is 0 Å². The molecule has 1 heterocycles. The first-order valence-electron chi connectivity index (χ1n) is 9.45. The van der Waals surface area contributed by atoms with Crippen molar-refractivity contribution in [1.29, 1.82) is 0 Å². The van der Waals surface area contributed by atoms with E-state index in [4.69, 9.17) is 10.5 Å². The molecule has 2 aromatic carbocycles. The molecule has 2 atom stereocenters. The number of carbonyl (C=O) groups excluding carboxylic acids is 1. The molecule has 3 rings (SSSR count). The Morgan fingerprint density at radius 3 is 2.45 bits per heavy atom. The van der Waals surface area contributed by atoms with Gasteiger partial charge in [0.25, 0.3) is 0 Å². The highest BCUT2D eigenvalue weighted by Gasteiger charge is 2.36. The molecule has 1 aliphatic heterocycles. The number of aromatic hydroxyl groups is 1. The minimum absolute atomic E-state index is 0.163. The van der Waals surface area contributed by atoms with E-state index in [1.54, 1.807) is 25.3 Å². The van der Waals surface area contributed by atoms with E-state index >= 15 is 0 Å². The predicted octanol–water partition coefficient (Wildman–Crippen LogP) is 1.93. The SMILES string of the molecule is COc1ccc2c(c1)CN(C(=O)[C@@H](N)Cc1c(C)cc(O)cc1C)[C@H](C(=O)O)C2. The van der Waals surface area contributed by atoms with Gasteiger partial charge in [-0.05, 0) is 72.4 Å². The van der Waals surface area contributed by atoms with Gasteiger partial charge in [-0.3, -0.25) is 4.79 Å². The number of aliphatic carboxylic acids is 1. The zero-order valence-corrected chi connectivity index (χ0v) is 16.8. The molecule has 0 fully saturated rings. The molecule has 0 unspecified atom stereocenters. The first-order chi connectivity index (χ1) is 13.7. The van der Waals surface area contributed by atoms with E-state index in [0.717, 1.165) is 27.8 Å². The van der Waals surface area contributed by atoms with Crippen molar-refractivity contribution >= 4 is 11.9 Å². The molecule has 1 aliphatic rings. The van der Waals surface area contributed by atoms with E-state index in [-0.39, 0.29) is 25.1 Å². The summed E-state index contributed by atoms with van der Waals surface area (Å²) in [4.78, 5) is 26.3. The average molecular weight is 398 g/mol. The van der Waals surface area contributed by atoms with Gasteiger partial charge >= 0.3 is 5.97 Å². The molecule has 29 heavy (non-hydrogen) atoms. The van der Waals surface area contributed by atoms with Crippen LogP contribution in [0.5, 0.6) is 11.5 Å². The molecule has 0 radical (unpaired) electrons. The van der Waals surface area contributed by atoms with Crippen LogP contribution in [0.4, 0.5) is 0 Å². The minimum Gasteiger partial charge on any atom is -0.508 e. The number of methoxy groups -OCH3 is 1. The van der Waals surface area contributed by atoms with E-state index < -0.39 is 24.0 Å². The topological polar surface area (TPSA) is 113 Å². The van der Waals surface area contributed by atoms with Gasteiger partial charge in [0, 0.05) is 13.0 Å². The molecule has 7 heteroatoms. The van der Waals surface area contributed by atoms with Crippen molar-refractivity contribution < 1.29 is 24.5 Å². The zero-order chi connectivity index (χ0) is 21.3. The number of ether oxygens (including phenoxy) is 1. The minimum atomic E-state index is -1.05. The number of carboxylic acid groups (broad SMARTS) is 1. The van der Waals surface area contributed by atoms with Crippen LogP contribution in [-0.2, 0) is 29.0 Å². The molecule has 0 aliphatic carbocycles. The maximum atomic E-state index is 13.1. The van der Waals surface area contributed by atoms with Gasteiger partial charge in [-0.2, -0.15) is 0 Å². The van der Waals surface area contributed by atoms with Crippen LogP contribution in [0.1, 0.15) is 27.8 Å². The van der Waals surface area contributed by atoms with Crippen LogP contribution in [0.2, 0.25) is 0 Å². The van der Waals surface area contributed by atoms with Gasteiger partial charge in [0.15, 0.2) is 0 Å². The molecule has 0 spiro atoms. The Hall–Kier alpha value is -3.06. The number of hydrogen-bond donors (Lipinski definition) is 3. The van der Waals surface area contributed by atoms with Gasteiger partial charge in [0.1, 0.15) is 17.5 Å². The number of rotatable bonds is 5. The summed E-state index contributed by atoms with van der Waals surface area (Å²) in [6.45, 7) is 3.87. The third-order valence-electron chi connectivity index (χ3n) is 5.53. The van der Waals surface area contributed by atoms with Gasteiger partial charge in [-0.15, -0.1) is 0 Å². The predicted molar refractivity (Wildman–Crippen MR) is 108 cm³/mol. The van der Waals surface area contributed by atoms with Crippen molar-refractivity contribution in [2.24, 2.45) is 5.73 Å². The molecule has 0 bridgehead atoms. The molecule has 0 aromatic heterocycles. The lowest BCUT2D eigenvalue weighted by molar-refractivity contribution is -0.152. The van der Waals surface area contributed by atoms with Crippen molar-refractivity contribution in [2.45, 2.75) is 45.3 Å². The Balaban J connectivity index is 1.86. The lowest BCUT2D eigenvalue weighted by Crippen LogP contribution is -2.54. The molecular formula is C22H26N2O5. The van der Waals surface area contributed by atoms with Gasteiger partial charge in [0.2, 0.25) is 5.91 Å². The molecule has 7 nitrogen and oxygen atoms in total. The number of carbonyl (C=O) groups is 2. The number of nitrogens with zero attached hydrogens (tertiary/aromatic N) is 1. The van der Waals surface area contributed by atoms with Crippen LogP contribution in [0.15, 0.2) is 30.3 Å². The molecular weight excluding hydrogens is 372 g/mol. The summed E-state index contributed by atoms with van der Waals surface area (Å²) in [5.41, 5.74) is 10.5. The Labute approximate surface area is 169 Å². The fraction of sp³-hybridized carbons (Fsp3) is 0.364. The number of carboxylic acids is 1.